The van der Waals surface area contributed by atoms with Gasteiger partial charge in [0.05, 0.1) is 0 Å². The molecule has 2 rings (SSSR count). The molecule has 2 amide bonds. The van der Waals surface area contributed by atoms with Gasteiger partial charge in [0.1, 0.15) is 6.54 Å². The van der Waals surface area contributed by atoms with Crippen molar-refractivity contribution in [3.63, 3.8) is 0 Å². The van der Waals surface area contributed by atoms with E-state index in [1.54, 1.807) is 21.9 Å². The molecule has 0 aliphatic carbocycles. The van der Waals surface area contributed by atoms with Crippen LogP contribution in [-0.2, 0) is 22.6 Å². The molecular weight excluding hydrogens is 318 g/mol. The fourth-order valence-electron chi connectivity index (χ4n) is 3.12. The van der Waals surface area contributed by atoms with Gasteiger partial charge in [0.2, 0.25) is 11.8 Å². The molecule has 0 bridgehead atoms. The lowest BCUT2D eigenvalue weighted by molar-refractivity contribution is -0.141. The Bertz CT molecular complexity index is 673. The number of amides is 2. The number of rotatable bonds is 5. The number of carbonyl (C=O) groups is 2. The summed E-state index contributed by atoms with van der Waals surface area (Å²) in [4.78, 5) is 40.2. The lowest BCUT2D eigenvalue weighted by Gasteiger charge is -2.34. The number of hydrogen-bond donors (Lipinski definition) is 0. The van der Waals surface area contributed by atoms with Crippen molar-refractivity contribution in [2.24, 2.45) is 5.92 Å². The first-order valence-electron chi connectivity index (χ1n) is 9.06. The summed E-state index contributed by atoms with van der Waals surface area (Å²) in [6, 6.07) is 1.71. The van der Waals surface area contributed by atoms with Crippen molar-refractivity contribution in [3.05, 3.63) is 34.2 Å². The molecule has 1 fully saturated rings. The van der Waals surface area contributed by atoms with Crippen molar-refractivity contribution in [2.75, 3.05) is 20.1 Å². The van der Waals surface area contributed by atoms with Gasteiger partial charge in [-0.05, 0) is 33.1 Å². The van der Waals surface area contributed by atoms with E-state index in [-0.39, 0.29) is 35.7 Å². The predicted octanol–water partition coefficient (Wildman–Crippen LogP) is 1.52. The Kier molecular flexibility index (Phi) is 6.39. The Morgan fingerprint density at radius 1 is 1.28 bits per heavy atom. The zero-order valence-electron chi connectivity index (χ0n) is 15.7. The van der Waals surface area contributed by atoms with Crippen molar-refractivity contribution < 1.29 is 9.59 Å². The smallest absolute Gasteiger partial charge is 0.242 e. The predicted molar refractivity (Wildman–Crippen MR) is 97.3 cm³/mol. The van der Waals surface area contributed by atoms with E-state index in [1.807, 2.05) is 32.7 Å². The molecule has 6 heteroatoms. The molecule has 138 valence electrons. The molecule has 0 N–H and O–H groups in total. The van der Waals surface area contributed by atoms with Crippen LogP contribution in [0, 0.1) is 5.92 Å². The van der Waals surface area contributed by atoms with Crippen LogP contribution in [0.3, 0.4) is 0 Å². The highest BCUT2D eigenvalue weighted by Gasteiger charge is 2.29. The van der Waals surface area contributed by atoms with Crippen LogP contribution in [0.5, 0.6) is 0 Å². The summed E-state index contributed by atoms with van der Waals surface area (Å²) in [5.74, 6) is 0.222. The van der Waals surface area contributed by atoms with Crippen LogP contribution in [0.15, 0.2) is 23.3 Å². The van der Waals surface area contributed by atoms with E-state index < -0.39 is 0 Å². The number of nitrogens with zero attached hydrogens (tertiary/aromatic N) is 3. The lowest BCUT2D eigenvalue weighted by atomic mass is 9.95. The maximum atomic E-state index is 12.5. The first-order chi connectivity index (χ1) is 11.8. The molecule has 0 atom stereocenters. The van der Waals surface area contributed by atoms with Gasteiger partial charge in [0.25, 0.3) is 0 Å². The monoisotopic (exact) mass is 347 g/mol. The molecule has 1 aliphatic rings. The zero-order valence-corrected chi connectivity index (χ0v) is 15.7. The molecular formula is C19H29N3O3. The molecule has 0 unspecified atom stereocenters. The van der Waals surface area contributed by atoms with Crippen LogP contribution in [0.25, 0.3) is 0 Å². The van der Waals surface area contributed by atoms with Crippen LogP contribution >= 0.6 is 0 Å². The standard InChI is InChI=1S/C19H29N3O3/c1-5-15-12-21(9-8-17(15)23)13-18(24)22-10-6-16(7-11-22)19(25)20(4)14(2)3/h8-9,12,14,16H,5-7,10-11,13H2,1-4H3. The Morgan fingerprint density at radius 3 is 2.48 bits per heavy atom. The molecule has 1 aliphatic heterocycles. The van der Waals surface area contributed by atoms with Gasteiger partial charge in [-0.25, -0.2) is 0 Å². The highest BCUT2D eigenvalue weighted by atomic mass is 16.2. The number of likely N-dealkylation sites (tertiary alicyclic amines) is 1. The van der Waals surface area contributed by atoms with Crippen LogP contribution in [0.2, 0.25) is 0 Å². The summed E-state index contributed by atoms with van der Waals surface area (Å²) in [7, 11) is 1.84. The average Bonchev–Trinajstić information content (AvgIpc) is 2.62. The topological polar surface area (TPSA) is 62.6 Å². The Balaban J connectivity index is 1.91. The van der Waals surface area contributed by atoms with Crippen LogP contribution in [0.4, 0.5) is 0 Å². The average molecular weight is 347 g/mol. The summed E-state index contributed by atoms with van der Waals surface area (Å²) >= 11 is 0. The molecule has 1 saturated heterocycles. The van der Waals surface area contributed by atoms with Gasteiger partial charge >= 0.3 is 0 Å². The molecule has 25 heavy (non-hydrogen) atoms. The Labute approximate surface area is 149 Å². The number of piperidine rings is 1. The van der Waals surface area contributed by atoms with Crippen molar-refractivity contribution in [1.82, 2.24) is 14.4 Å². The minimum Gasteiger partial charge on any atom is -0.344 e. The summed E-state index contributed by atoms with van der Waals surface area (Å²) < 4.78 is 1.77. The fraction of sp³-hybridized carbons (Fsp3) is 0.632. The number of carbonyl (C=O) groups excluding carboxylic acids is 2. The highest BCUT2D eigenvalue weighted by molar-refractivity contribution is 5.80. The molecule has 0 aromatic carbocycles. The van der Waals surface area contributed by atoms with Crippen molar-refractivity contribution in [3.8, 4) is 0 Å². The van der Waals surface area contributed by atoms with Crippen molar-refractivity contribution in [1.29, 1.82) is 0 Å². The van der Waals surface area contributed by atoms with E-state index in [1.165, 1.54) is 6.07 Å². The van der Waals surface area contributed by atoms with E-state index in [4.69, 9.17) is 0 Å². The van der Waals surface area contributed by atoms with Crippen LogP contribution in [-0.4, -0.2) is 52.4 Å². The quantitative estimate of drug-likeness (QED) is 0.811. The normalized spacial score (nSPS) is 15.5. The summed E-state index contributed by atoms with van der Waals surface area (Å²) in [5.41, 5.74) is 0.733. The van der Waals surface area contributed by atoms with E-state index in [9.17, 15) is 14.4 Å². The Morgan fingerprint density at radius 2 is 1.92 bits per heavy atom. The van der Waals surface area contributed by atoms with Gasteiger partial charge in [-0.15, -0.1) is 0 Å². The van der Waals surface area contributed by atoms with E-state index in [0.717, 1.165) is 5.56 Å². The molecule has 6 nitrogen and oxygen atoms in total. The second-order valence-corrected chi connectivity index (χ2v) is 7.06. The van der Waals surface area contributed by atoms with Crippen LogP contribution < -0.4 is 5.43 Å². The molecule has 0 radical (unpaired) electrons. The third kappa shape index (κ3) is 4.71. The Hall–Kier alpha value is -2.11. The number of aryl methyl sites for hydroxylation is 1. The fourth-order valence-corrected chi connectivity index (χ4v) is 3.12. The van der Waals surface area contributed by atoms with E-state index >= 15 is 0 Å². The maximum absolute atomic E-state index is 12.5. The summed E-state index contributed by atoms with van der Waals surface area (Å²) in [6.45, 7) is 7.40. The van der Waals surface area contributed by atoms with E-state index in [2.05, 4.69) is 0 Å². The molecule has 0 spiro atoms. The third-order valence-corrected chi connectivity index (χ3v) is 5.07. The van der Waals surface area contributed by atoms with Gasteiger partial charge in [-0.1, -0.05) is 6.92 Å². The summed E-state index contributed by atoms with van der Waals surface area (Å²) in [5, 5.41) is 0. The second-order valence-electron chi connectivity index (χ2n) is 7.06. The van der Waals surface area contributed by atoms with E-state index in [0.29, 0.717) is 32.4 Å². The van der Waals surface area contributed by atoms with Gasteiger partial charge in [0.15, 0.2) is 5.43 Å². The zero-order chi connectivity index (χ0) is 18.6. The number of aromatic nitrogens is 1. The largest absolute Gasteiger partial charge is 0.344 e. The first kappa shape index (κ1) is 19.2. The maximum Gasteiger partial charge on any atom is 0.242 e. The number of hydrogen-bond acceptors (Lipinski definition) is 3. The van der Waals surface area contributed by atoms with Gasteiger partial charge < -0.3 is 14.4 Å². The van der Waals surface area contributed by atoms with Crippen LogP contribution in [0.1, 0.15) is 39.2 Å². The van der Waals surface area contributed by atoms with Crippen molar-refractivity contribution in [2.45, 2.75) is 52.6 Å². The SMILES string of the molecule is CCc1cn(CC(=O)N2CCC(C(=O)N(C)C(C)C)CC2)ccc1=O. The lowest BCUT2D eigenvalue weighted by Crippen LogP contribution is -2.45. The molecule has 0 saturated carbocycles. The minimum atomic E-state index is 0.00976. The van der Waals surface area contributed by atoms with Gasteiger partial charge in [-0.3, -0.25) is 14.4 Å². The molecule has 1 aromatic rings. The second kappa shape index (κ2) is 8.32. The minimum absolute atomic E-state index is 0.00976. The van der Waals surface area contributed by atoms with Crippen molar-refractivity contribution >= 4 is 11.8 Å². The number of pyridine rings is 1. The first-order valence-corrected chi connectivity index (χ1v) is 9.06. The molecule has 1 aromatic heterocycles. The molecule has 2 heterocycles. The highest BCUT2D eigenvalue weighted by Crippen LogP contribution is 2.20. The summed E-state index contributed by atoms with van der Waals surface area (Å²) in [6.07, 6.45) is 5.50. The third-order valence-electron chi connectivity index (χ3n) is 5.07. The van der Waals surface area contributed by atoms with Gasteiger partial charge in [-0.2, -0.15) is 0 Å². The van der Waals surface area contributed by atoms with Gasteiger partial charge in [0, 0.05) is 56.1 Å².